The van der Waals surface area contributed by atoms with Gasteiger partial charge in [0.05, 0.1) is 12.2 Å². The van der Waals surface area contributed by atoms with Crippen molar-refractivity contribution in [3.63, 3.8) is 0 Å². The molecule has 0 fully saturated rings. The van der Waals surface area contributed by atoms with E-state index < -0.39 is 0 Å². The average molecular weight is 233 g/mol. The Balaban J connectivity index is 2.26. The van der Waals surface area contributed by atoms with Crippen LogP contribution in [0.2, 0.25) is 0 Å². The first-order chi connectivity index (χ1) is 8.06. The van der Waals surface area contributed by atoms with Gasteiger partial charge in [0.2, 0.25) is 5.91 Å². The van der Waals surface area contributed by atoms with E-state index in [9.17, 15) is 4.79 Å². The van der Waals surface area contributed by atoms with Crippen molar-refractivity contribution < 1.29 is 4.79 Å². The largest absolute Gasteiger partial charge is 0.322 e. The summed E-state index contributed by atoms with van der Waals surface area (Å²) >= 11 is 0. The molecule has 0 aliphatic carbocycles. The van der Waals surface area contributed by atoms with Crippen molar-refractivity contribution in [2.24, 2.45) is 0 Å². The number of nitrogens with zero attached hydrogens (tertiary/aromatic N) is 4. The van der Waals surface area contributed by atoms with Crippen LogP contribution in [0.5, 0.6) is 0 Å². The zero-order chi connectivity index (χ0) is 12.4. The van der Waals surface area contributed by atoms with Crippen LogP contribution in [-0.2, 0) is 4.79 Å². The summed E-state index contributed by atoms with van der Waals surface area (Å²) in [5, 5.41) is 7.01. The van der Waals surface area contributed by atoms with Crippen LogP contribution in [0.3, 0.4) is 0 Å². The van der Waals surface area contributed by atoms with Crippen LogP contribution < -0.4 is 5.32 Å². The summed E-state index contributed by atoms with van der Waals surface area (Å²) in [5.74, 6) is 0.614. The van der Waals surface area contributed by atoms with Gasteiger partial charge in [-0.25, -0.2) is 9.50 Å². The molecule has 90 valence electrons. The number of carbonyl (C=O) groups excluding carboxylic acids is 1. The van der Waals surface area contributed by atoms with Gasteiger partial charge in [0.1, 0.15) is 5.82 Å². The van der Waals surface area contributed by atoms with Gasteiger partial charge in [-0.1, -0.05) is 0 Å². The highest BCUT2D eigenvalue weighted by molar-refractivity contribution is 5.95. The number of nitrogens with one attached hydrogen (secondary N) is 1. The van der Waals surface area contributed by atoms with Crippen molar-refractivity contribution in [2.75, 3.05) is 26.0 Å². The lowest BCUT2D eigenvalue weighted by Gasteiger charge is -2.10. The Morgan fingerprint density at radius 1 is 1.53 bits per heavy atom. The number of amides is 1. The van der Waals surface area contributed by atoms with Gasteiger partial charge in [-0.3, -0.25) is 4.79 Å². The Morgan fingerprint density at radius 2 is 2.29 bits per heavy atom. The number of likely N-dealkylation sites (N-methyl/N-ethyl adjacent to an activating group) is 1. The zero-order valence-corrected chi connectivity index (χ0v) is 10.1. The van der Waals surface area contributed by atoms with E-state index in [1.807, 2.05) is 38.1 Å². The van der Waals surface area contributed by atoms with Gasteiger partial charge < -0.3 is 10.2 Å². The second kappa shape index (κ2) is 4.50. The lowest BCUT2D eigenvalue weighted by molar-refractivity contribution is -0.116. The van der Waals surface area contributed by atoms with Crippen LogP contribution in [-0.4, -0.2) is 46.0 Å². The zero-order valence-electron chi connectivity index (χ0n) is 10.1. The predicted octanol–water partition coefficient (Wildman–Crippen LogP) is 0.538. The maximum atomic E-state index is 11.7. The summed E-state index contributed by atoms with van der Waals surface area (Å²) in [6.45, 7) is 2.16. The summed E-state index contributed by atoms with van der Waals surface area (Å²) in [7, 11) is 3.70. The lowest BCUT2D eigenvalue weighted by Crippen LogP contribution is -2.27. The van der Waals surface area contributed by atoms with Crippen LogP contribution in [0.25, 0.3) is 5.65 Å². The van der Waals surface area contributed by atoms with Gasteiger partial charge in [0.25, 0.3) is 0 Å². The Kier molecular flexibility index (Phi) is 3.06. The molecule has 0 aliphatic rings. The molecule has 0 unspecified atom stereocenters. The van der Waals surface area contributed by atoms with Crippen molar-refractivity contribution in [3.8, 4) is 0 Å². The molecule has 0 radical (unpaired) electrons. The number of rotatable bonds is 3. The Morgan fingerprint density at radius 3 is 3.00 bits per heavy atom. The SMILES string of the molecule is Cc1nc2c(NC(=O)CN(C)C)cccn2n1. The summed E-state index contributed by atoms with van der Waals surface area (Å²) in [6.07, 6.45) is 1.80. The fourth-order valence-electron chi connectivity index (χ4n) is 1.59. The molecular formula is C11H15N5O. The van der Waals surface area contributed by atoms with Crippen molar-refractivity contribution >= 4 is 17.2 Å². The molecule has 2 heterocycles. The third-order valence-electron chi connectivity index (χ3n) is 2.20. The minimum Gasteiger partial charge on any atom is -0.322 e. The minimum atomic E-state index is -0.0660. The number of anilines is 1. The van der Waals surface area contributed by atoms with E-state index in [-0.39, 0.29) is 5.91 Å². The van der Waals surface area contributed by atoms with Crippen LogP contribution >= 0.6 is 0 Å². The molecule has 0 bridgehead atoms. The molecule has 17 heavy (non-hydrogen) atoms. The molecule has 1 N–H and O–H groups in total. The van der Waals surface area contributed by atoms with Crippen LogP contribution in [0.1, 0.15) is 5.82 Å². The number of aryl methyl sites for hydroxylation is 1. The molecule has 1 amide bonds. The van der Waals surface area contributed by atoms with Crippen molar-refractivity contribution in [1.29, 1.82) is 0 Å². The van der Waals surface area contributed by atoms with Gasteiger partial charge in [0.15, 0.2) is 5.65 Å². The number of hydrogen-bond donors (Lipinski definition) is 1. The molecule has 2 aromatic heterocycles. The van der Waals surface area contributed by atoms with E-state index in [1.165, 1.54) is 0 Å². The number of carbonyl (C=O) groups is 1. The molecule has 0 aliphatic heterocycles. The highest BCUT2D eigenvalue weighted by Gasteiger charge is 2.09. The lowest BCUT2D eigenvalue weighted by atomic mass is 10.4. The molecule has 2 aromatic rings. The molecule has 0 saturated carbocycles. The van der Waals surface area contributed by atoms with E-state index in [2.05, 4.69) is 15.4 Å². The van der Waals surface area contributed by atoms with E-state index >= 15 is 0 Å². The second-order valence-corrected chi connectivity index (χ2v) is 4.14. The predicted molar refractivity (Wildman–Crippen MR) is 64.9 cm³/mol. The molecule has 6 nitrogen and oxygen atoms in total. The Labute approximate surface area is 99.3 Å². The maximum Gasteiger partial charge on any atom is 0.238 e. The second-order valence-electron chi connectivity index (χ2n) is 4.14. The van der Waals surface area contributed by atoms with Crippen LogP contribution in [0, 0.1) is 6.92 Å². The van der Waals surface area contributed by atoms with E-state index in [1.54, 1.807) is 10.7 Å². The van der Waals surface area contributed by atoms with Gasteiger partial charge in [-0.15, -0.1) is 0 Å². The van der Waals surface area contributed by atoms with Crippen LogP contribution in [0.15, 0.2) is 18.3 Å². The topological polar surface area (TPSA) is 62.5 Å². The fourth-order valence-corrected chi connectivity index (χ4v) is 1.59. The van der Waals surface area contributed by atoms with Gasteiger partial charge >= 0.3 is 0 Å². The first kappa shape index (κ1) is 11.5. The van der Waals surface area contributed by atoms with Crippen LogP contribution in [0.4, 0.5) is 5.69 Å². The van der Waals surface area contributed by atoms with Gasteiger partial charge in [-0.2, -0.15) is 5.10 Å². The van der Waals surface area contributed by atoms with Crippen molar-refractivity contribution in [1.82, 2.24) is 19.5 Å². The average Bonchev–Trinajstić information content (AvgIpc) is 2.58. The molecule has 0 aromatic carbocycles. The summed E-state index contributed by atoms with van der Waals surface area (Å²) in [6, 6.07) is 3.64. The minimum absolute atomic E-state index is 0.0660. The Bertz CT molecular complexity index is 546. The van der Waals surface area contributed by atoms with E-state index in [4.69, 9.17) is 0 Å². The Hall–Kier alpha value is -1.95. The van der Waals surface area contributed by atoms with Crippen molar-refractivity contribution in [3.05, 3.63) is 24.2 Å². The first-order valence-electron chi connectivity index (χ1n) is 5.33. The quantitative estimate of drug-likeness (QED) is 0.840. The highest BCUT2D eigenvalue weighted by atomic mass is 16.2. The number of fused-ring (bicyclic) bond motifs is 1. The standard InChI is InChI=1S/C11H15N5O/c1-8-12-11-9(5-4-6-16(11)14-8)13-10(17)7-15(2)3/h4-6H,7H2,1-3H3,(H,13,17). The van der Waals surface area contributed by atoms with E-state index in [0.717, 1.165) is 0 Å². The first-order valence-corrected chi connectivity index (χ1v) is 5.33. The maximum absolute atomic E-state index is 11.7. The molecule has 0 atom stereocenters. The number of aromatic nitrogens is 3. The third-order valence-corrected chi connectivity index (χ3v) is 2.20. The summed E-state index contributed by atoms with van der Waals surface area (Å²) in [5.41, 5.74) is 1.34. The third kappa shape index (κ3) is 2.59. The van der Waals surface area contributed by atoms with E-state index in [0.29, 0.717) is 23.7 Å². The molecule has 0 saturated heterocycles. The fraction of sp³-hybridized carbons (Fsp3) is 0.364. The van der Waals surface area contributed by atoms with Crippen molar-refractivity contribution in [2.45, 2.75) is 6.92 Å². The summed E-state index contributed by atoms with van der Waals surface area (Å²) in [4.78, 5) is 17.7. The molecule has 0 spiro atoms. The molecule has 6 heteroatoms. The molecule has 2 rings (SSSR count). The van der Waals surface area contributed by atoms with Gasteiger partial charge in [-0.05, 0) is 33.2 Å². The summed E-state index contributed by atoms with van der Waals surface area (Å²) < 4.78 is 1.65. The highest BCUT2D eigenvalue weighted by Crippen LogP contribution is 2.14. The van der Waals surface area contributed by atoms with Gasteiger partial charge in [0, 0.05) is 6.20 Å². The smallest absolute Gasteiger partial charge is 0.238 e. The molecular weight excluding hydrogens is 218 g/mol. The number of hydrogen-bond acceptors (Lipinski definition) is 4. The number of pyridine rings is 1. The monoisotopic (exact) mass is 233 g/mol. The normalized spacial score (nSPS) is 11.1.